The fourth-order valence-corrected chi connectivity index (χ4v) is 4.81. The third kappa shape index (κ3) is 4.92. The smallest absolute Gasteiger partial charge is 0.244 e. The Labute approximate surface area is 179 Å². The monoisotopic (exact) mass is 447 g/mol. The van der Waals surface area contributed by atoms with Gasteiger partial charge in [-0.15, -0.1) is 0 Å². The number of aliphatic hydroxyl groups excluding tert-OH is 1. The van der Waals surface area contributed by atoms with Crippen molar-refractivity contribution >= 4 is 9.84 Å². The molecule has 2 atom stereocenters. The van der Waals surface area contributed by atoms with E-state index in [0.29, 0.717) is 19.5 Å². The number of hydrogen-bond donors (Lipinski definition) is 1. The van der Waals surface area contributed by atoms with E-state index in [1.165, 1.54) is 12.1 Å². The van der Waals surface area contributed by atoms with Gasteiger partial charge in [-0.05, 0) is 48.4 Å². The molecule has 1 aliphatic heterocycles. The van der Waals surface area contributed by atoms with Gasteiger partial charge in [0, 0.05) is 13.1 Å². The Hall–Kier alpha value is -2.82. The molecule has 2 unspecified atom stereocenters. The molecule has 0 radical (unpaired) electrons. The number of aromatic nitrogens is 2. The number of rotatable bonds is 7. The molecule has 8 nitrogen and oxygen atoms in total. The summed E-state index contributed by atoms with van der Waals surface area (Å²) in [5.74, 6) is 0.0540. The van der Waals surface area contributed by atoms with Gasteiger partial charge < -0.3 is 14.4 Å². The zero-order chi connectivity index (χ0) is 22.0. The predicted molar refractivity (Wildman–Crippen MR) is 108 cm³/mol. The Balaban J connectivity index is 1.49. The number of β-amino-alcohol motifs (C(OH)–C–C–N with tert-alkyl or cyclic N) is 1. The van der Waals surface area contributed by atoms with E-state index in [1.807, 2.05) is 29.2 Å². The lowest BCUT2D eigenvalue weighted by atomic mass is 10.1. The molecule has 0 bridgehead atoms. The average molecular weight is 447 g/mol. The van der Waals surface area contributed by atoms with E-state index in [1.54, 1.807) is 7.11 Å². The van der Waals surface area contributed by atoms with Gasteiger partial charge in [0.2, 0.25) is 5.89 Å². The van der Waals surface area contributed by atoms with Crippen LogP contribution in [0.3, 0.4) is 0 Å². The van der Waals surface area contributed by atoms with E-state index in [4.69, 9.17) is 9.26 Å². The lowest BCUT2D eigenvalue weighted by Crippen LogP contribution is -2.24. The summed E-state index contributed by atoms with van der Waals surface area (Å²) in [6.45, 7) is 0.986. The van der Waals surface area contributed by atoms with Crippen LogP contribution in [0, 0.1) is 5.82 Å². The van der Waals surface area contributed by atoms with Crippen molar-refractivity contribution in [3.05, 3.63) is 71.6 Å². The largest absolute Gasteiger partial charge is 0.497 e. The molecule has 1 aliphatic rings. The third-order valence-corrected chi connectivity index (χ3v) is 6.82. The molecule has 31 heavy (non-hydrogen) atoms. The highest BCUT2D eigenvalue weighted by Gasteiger charge is 2.36. The first kappa shape index (κ1) is 21.4. The number of methoxy groups -OCH3 is 1. The van der Waals surface area contributed by atoms with Crippen LogP contribution in [0.15, 0.2) is 57.9 Å². The van der Waals surface area contributed by atoms with Gasteiger partial charge >= 0.3 is 0 Å². The fourth-order valence-electron chi connectivity index (χ4n) is 3.63. The molecule has 4 rings (SSSR count). The van der Waals surface area contributed by atoms with Gasteiger partial charge in [0.25, 0.3) is 0 Å². The van der Waals surface area contributed by atoms with Crippen LogP contribution >= 0.6 is 0 Å². The van der Waals surface area contributed by atoms with Gasteiger partial charge in [-0.1, -0.05) is 17.3 Å². The van der Waals surface area contributed by atoms with Gasteiger partial charge in [-0.3, -0.25) is 4.90 Å². The van der Waals surface area contributed by atoms with E-state index in [-0.39, 0.29) is 22.7 Å². The molecular formula is C21H22FN3O5S. The Morgan fingerprint density at radius 2 is 1.90 bits per heavy atom. The summed E-state index contributed by atoms with van der Waals surface area (Å²) in [5.41, 5.74) is 1.03. The molecule has 1 saturated heterocycles. The van der Waals surface area contributed by atoms with Gasteiger partial charge in [0.1, 0.15) is 17.3 Å². The van der Waals surface area contributed by atoms with Gasteiger partial charge in [-0.2, -0.15) is 4.98 Å². The standard InChI is InChI=1S/C21H22FN3O5S/c1-29-17-6-2-14(3-7-17)11-25-12-16(26)10-19(25)21-23-20(24-30-21)13-31(27,28)18-8-4-15(22)5-9-18/h2-9,16,19,26H,10-13H2,1H3. The molecule has 1 fully saturated rings. The average Bonchev–Trinajstić information content (AvgIpc) is 3.34. The molecule has 10 heteroatoms. The van der Waals surface area contributed by atoms with E-state index >= 15 is 0 Å². The van der Waals surface area contributed by atoms with Crippen LogP contribution in [0.4, 0.5) is 4.39 Å². The van der Waals surface area contributed by atoms with E-state index in [2.05, 4.69) is 10.1 Å². The fraction of sp³-hybridized carbons (Fsp3) is 0.333. The zero-order valence-electron chi connectivity index (χ0n) is 16.8. The van der Waals surface area contributed by atoms with Crippen molar-refractivity contribution < 1.29 is 27.2 Å². The van der Waals surface area contributed by atoms with E-state index in [9.17, 15) is 17.9 Å². The summed E-state index contributed by atoms with van der Waals surface area (Å²) >= 11 is 0. The van der Waals surface area contributed by atoms with Crippen LogP contribution in [-0.4, -0.2) is 48.3 Å². The predicted octanol–water partition coefficient (Wildman–Crippen LogP) is 2.50. The van der Waals surface area contributed by atoms with Crippen molar-refractivity contribution in [3.63, 3.8) is 0 Å². The second kappa shape index (κ2) is 8.74. The van der Waals surface area contributed by atoms with Crippen LogP contribution < -0.4 is 4.74 Å². The molecule has 0 saturated carbocycles. The number of ether oxygens (including phenoxy) is 1. The Morgan fingerprint density at radius 3 is 2.58 bits per heavy atom. The first-order valence-corrected chi connectivity index (χ1v) is 11.3. The van der Waals surface area contributed by atoms with Crippen molar-refractivity contribution in [2.24, 2.45) is 0 Å². The topological polar surface area (TPSA) is 106 Å². The number of hydrogen-bond acceptors (Lipinski definition) is 8. The summed E-state index contributed by atoms with van der Waals surface area (Å²) in [6, 6.07) is 11.9. The number of benzene rings is 2. The highest BCUT2D eigenvalue weighted by atomic mass is 32.2. The first-order valence-electron chi connectivity index (χ1n) is 9.70. The second-order valence-corrected chi connectivity index (χ2v) is 9.43. The van der Waals surface area contributed by atoms with E-state index in [0.717, 1.165) is 23.4 Å². The van der Waals surface area contributed by atoms with Gasteiger partial charge in [0.15, 0.2) is 15.7 Å². The van der Waals surface area contributed by atoms with Crippen LogP contribution in [0.25, 0.3) is 0 Å². The number of likely N-dealkylation sites (tertiary alicyclic amines) is 1. The van der Waals surface area contributed by atoms with Crippen LogP contribution in [0.1, 0.15) is 29.7 Å². The molecule has 3 aromatic rings. The van der Waals surface area contributed by atoms with Crippen molar-refractivity contribution in [2.75, 3.05) is 13.7 Å². The normalized spacial score (nSPS) is 19.6. The zero-order valence-corrected chi connectivity index (χ0v) is 17.6. The van der Waals surface area contributed by atoms with E-state index < -0.39 is 27.5 Å². The summed E-state index contributed by atoms with van der Waals surface area (Å²) in [4.78, 5) is 6.27. The van der Waals surface area contributed by atoms with Crippen LogP contribution in [-0.2, 0) is 22.1 Å². The number of aliphatic hydroxyl groups is 1. The molecule has 2 aromatic carbocycles. The first-order chi connectivity index (χ1) is 14.8. The quantitative estimate of drug-likeness (QED) is 0.551. The highest BCUT2D eigenvalue weighted by molar-refractivity contribution is 7.90. The lowest BCUT2D eigenvalue weighted by Gasteiger charge is -2.21. The molecule has 0 amide bonds. The summed E-state index contributed by atoms with van der Waals surface area (Å²) in [6.07, 6.45) is -0.149. The Morgan fingerprint density at radius 1 is 1.19 bits per heavy atom. The minimum atomic E-state index is -3.75. The van der Waals surface area contributed by atoms with Crippen LogP contribution in [0.5, 0.6) is 5.75 Å². The maximum absolute atomic E-state index is 13.1. The summed E-state index contributed by atoms with van der Waals surface area (Å²) < 4.78 is 48.7. The molecule has 2 heterocycles. The maximum Gasteiger partial charge on any atom is 0.244 e. The van der Waals surface area contributed by atoms with Gasteiger partial charge in [0.05, 0.1) is 24.2 Å². The second-order valence-electron chi connectivity index (χ2n) is 7.44. The number of sulfone groups is 1. The maximum atomic E-state index is 13.1. The Bertz CT molecular complexity index is 1130. The molecule has 164 valence electrons. The number of nitrogens with zero attached hydrogens (tertiary/aromatic N) is 3. The summed E-state index contributed by atoms with van der Waals surface area (Å²) in [5, 5.41) is 14.0. The van der Waals surface area contributed by atoms with Crippen molar-refractivity contribution in [2.45, 2.75) is 35.8 Å². The molecule has 1 aromatic heterocycles. The SMILES string of the molecule is COc1ccc(CN2CC(O)CC2c2nc(CS(=O)(=O)c3ccc(F)cc3)no2)cc1. The lowest BCUT2D eigenvalue weighted by molar-refractivity contribution is 0.169. The minimum Gasteiger partial charge on any atom is -0.497 e. The van der Waals surface area contributed by atoms with Gasteiger partial charge in [-0.25, -0.2) is 12.8 Å². The van der Waals surface area contributed by atoms with Crippen molar-refractivity contribution in [1.82, 2.24) is 15.0 Å². The van der Waals surface area contributed by atoms with Crippen LogP contribution in [0.2, 0.25) is 0 Å². The molecule has 0 spiro atoms. The van der Waals surface area contributed by atoms with Crippen molar-refractivity contribution in [3.8, 4) is 5.75 Å². The molecular weight excluding hydrogens is 425 g/mol. The highest BCUT2D eigenvalue weighted by Crippen LogP contribution is 2.33. The molecule has 0 aliphatic carbocycles. The van der Waals surface area contributed by atoms with Crippen molar-refractivity contribution in [1.29, 1.82) is 0 Å². The summed E-state index contributed by atoms with van der Waals surface area (Å²) in [7, 11) is -2.14. The Kier molecular flexibility index (Phi) is 6.03. The third-order valence-electron chi connectivity index (χ3n) is 5.19. The molecule has 1 N–H and O–H groups in total. The number of halogens is 1. The minimum absolute atomic E-state index is 0.0160.